The number of benzene rings is 1. The highest BCUT2D eigenvalue weighted by Gasteiger charge is 2.41. The van der Waals surface area contributed by atoms with Gasteiger partial charge in [0.25, 0.3) is 0 Å². The van der Waals surface area contributed by atoms with Crippen molar-refractivity contribution in [1.82, 2.24) is 0 Å². The molecule has 1 N–H and O–H groups in total. The maximum atomic E-state index is 13.5. The van der Waals surface area contributed by atoms with E-state index >= 15 is 0 Å². The maximum Gasteiger partial charge on any atom is 0.416 e. The van der Waals surface area contributed by atoms with Gasteiger partial charge in [-0.15, -0.1) is 0 Å². The molecule has 1 aromatic carbocycles. The Morgan fingerprint density at radius 2 is 2.00 bits per heavy atom. The van der Waals surface area contributed by atoms with E-state index in [0.29, 0.717) is 12.6 Å². The number of thioether (sulfide) groups is 1. The summed E-state index contributed by atoms with van der Waals surface area (Å²) in [7, 11) is 0. The van der Waals surface area contributed by atoms with Crippen molar-refractivity contribution in [3.8, 4) is 0 Å². The molecule has 0 spiro atoms. The van der Waals surface area contributed by atoms with Gasteiger partial charge in [0.2, 0.25) is 0 Å². The number of alkyl halides is 3. The van der Waals surface area contributed by atoms with Crippen LogP contribution >= 0.6 is 11.8 Å². The van der Waals surface area contributed by atoms with Crippen molar-refractivity contribution in [1.29, 1.82) is 0 Å². The first kappa shape index (κ1) is 13.5. The number of halogens is 4. The van der Waals surface area contributed by atoms with Crippen LogP contribution in [0.2, 0.25) is 0 Å². The molecule has 1 fully saturated rings. The SMILES string of the molecule is CSC1(CNc2ccc(C(F)(F)F)cc2F)CC1. The molecule has 100 valence electrons. The molecule has 6 heteroatoms. The normalized spacial score (nSPS) is 17.6. The van der Waals surface area contributed by atoms with Crippen LogP contribution in [0.1, 0.15) is 18.4 Å². The molecule has 1 nitrogen and oxygen atoms in total. The Labute approximate surface area is 107 Å². The Morgan fingerprint density at radius 3 is 2.44 bits per heavy atom. The summed E-state index contributed by atoms with van der Waals surface area (Å²) in [6.07, 6.45) is -0.402. The average Bonchev–Trinajstić information content (AvgIpc) is 3.07. The highest BCUT2D eigenvalue weighted by molar-refractivity contribution is 8.00. The molecule has 0 amide bonds. The fourth-order valence-electron chi connectivity index (χ4n) is 1.68. The Morgan fingerprint density at radius 1 is 1.33 bits per heavy atom. The van der Waals surface area contributed by atoms with E-state index in [4.69, 9.17) is 0 Å². The lowest BCUT2D eigenvalue weighted by Crippen LogP contribution is -2.18. The van der Waals surface area contributed by atoms with Crippen LogP contribution in [0.4, 0.5) is 23.2 Å². The summed E-state index contributed by atoms with van der Waals surface area (Å²) in [6.45, 7) is 0.580. The summed E-state index contributed by atoms with van der Waals surface area (Å²) in [5.41, 5.74) is -0.833. The predicted molar refractivity (Wildman–Crippen MR) is 65.4 cm³/mol. The first-order valence-electron chi connectivity index (χ1n) is 5.52. The quantitative estimate of drug-likeness (QED) is 0.831. The second-order valence-corrected chi connectivity index (χ2v) is 5.71. The summed E-state index contributed by atoms with van der Waals surface area (Å²) >= 11 is 1.71. The molecule has 0 bridgehead atoms. The molecule has 2 rings (SSSR count). The molecule has 1 saturated carbocycles. The molecule has 0 aromatic heterocycles. The van der Waals surface area contributed by atoms with Crippen LogP contribution < -0.4 is 5.32 Å². The molecule has 0 atom stereocenters. The highest BCUT2D eigenvalue weighted by Crippen LogP contribution is 2.47. The van der Waals surface area contributed by atoms with E-state index in [1.54, 1.807) is 11.8 Å². The van der Waals surface area contributed by atoms with Crippen molar-refractivity contribution >= 4 is 17.4 Å². The second kappa shape index (κ2) is 4.64. The Balaban J connectivity index is 2.06. The van der Waals surface area contributed by atoms with E-state index < -0.39 is 17.6 Å². The van der Waals surface area contributed by atoms with E-state index in [9.17, 15) is 17.6 Å². The minimum atomic E-state index is -4.50. The summed E-state index contributed by atoms with van der Waals surface area (Å²) in [4.78, 5) is 0. The van der Waals surface area contributed by atoms with Crippen LogP contribution in [0.5, 0.6) is 0 Å². The largest absolute Gasteiger partial charge is 0.416 e. The standard InChI is InChI=1S/C12H13F4NS/c1-18-11(4-5-11)7-17-10-3-2-8(6-9(10)13)12(14,15)16/h2-3,6,17H,4-5,7H2,1H3. The smallest absolute Gasteiger partial charge is 0.381 e. The van der Waals surface area contributed by atoms with Gasteiger partial charge in [0.05, 0.1) is 11.3 Å². The molecule has 1 aromatic rings. The van der Waals surface area contributed by atoms with Gasteiger partial charge in [-0.2, -0.15) is 24.9 Å². The topological polar surface area (TPSA) is 12.0 Å². The van der Waals surface area contributed by atoms with Crippen molar-refractivity contribution < 1.29 is 17.6 Å². The van der Waals surface area contributed by atoms with Gasteiger partial charge < -0.3 is 5.32 Å². The zero-order chi connectivity index (χ0) is 13.4. The van der Waals surface area contributed by atoms with Crippen molar-refractivity contribution in [3.63, 3.8) is 0 Å². The molecule has 0 heterocycles. The lowest BCUT2D eigenvalue weighted by atomic mass is 10.2. The fraction of sp³-hybridized carbons (Fsp3) is 0.500. The first-order valence-corrected chi connectivity index (χ1v) is 6.75. The molecule has 0 saturated heterocycles. The summed E-state index contributed by atoms with van der Waals surface area (Å²) in [5, 5.41) is 2.88. The van der Waals surface area contributed by atoms with Gasteiger partial charge in [-0.05, 0) is 37.3 Å². The highest BCUT2D eigenvalue weighted by atomic mass is 32.2. The van der Waals surface area contributed by atoms with E-state index in [1.165, 1.54) is 0 Å². The van der Waals surface area contributed by atoms with Gasteiger partial charge in [0.1, 0.15) is 5.82 Å². The Kier molecular flexibility index (Phi) is 3.49. The van der Waals surface area contributed by atoms with Gasteiger partial charge in [-0.25, -0.2) is 4.39 Å². The van der Waals surface area contributed by atoms with E-state index in [0.717, 1.165) is 25.0 Å². The molecule has 18 heavy (non-hydrogen) atoms. The van der Waals surface area contributed by atoms with Crippen molar-refractivity contribution in [2.24, 2.45) is 0 Å². The minimum Gasteiger partial charge on any atom is -0.381 e. The lowest BCUT2D eigenvalue weighted by molar-refractivity contribution is -0.137. The zero-order valence-corrected chi connectivity index (χ0v) is 10.6. The third kappa shape index (κ3) is 2.91. The van der Waals surface area contributed by atoms with Gasteiger partial charge in [0, 0.05) is 11.3 Å². The maximum absolute atomic E-state index is 13.5. The molecule has 0 aliphatic heterocycles. The third-order valence-corrected chi connectivity index (χ3v) is 4.56. The molecule has 0 unspecified atom stereocenters. The molecular weight excluding hydrogens is 266 g/mol. The van der Waals surface area contributed by atoms with Crippen LogP contribution in [0.3, 0.4) is 0 Å². The van der Waals surface area contributed by atoms with Crippen LogP contribution in [-0.2, 0) is 6.18 Å². The number of hydrogen-bond donors (Lipinski definition) is 1. The molecule has 1 aliphatic rings. The van der Waals surface area contributed by atoms with Crippen LogP contribution in [0, 0.1) is 5.82 Å². The minimum absolute atomic E-state index is 0.128. The molecule has 1 aliphatic carbocycles. The summed E-state index contributed by atoms with van der Waals surface area (Å²) in [5.74, 6) is -0.860. The first-order chi connectivity index (χ1) is 8.36. The van der Waals surface area contributed by atoms with Gasteiger partial charge >= 0.3 is 6.18 Å². The van der Waals surface area contributed by atoms with E-state index in [-0.39, 0.29) is 10.4 Å². The number of rotatable bonds is 4. The Bertz CT molecular complexity index is 440. The lowest BCUT2D eigenvalue weighted by Gasteiger charge is -2.15. The summed E-state index contributed by atoms with van der Waals surface area (Å²) in [6, 6.07) is 2.57. The van der Waals surface area contributed by atoms with Crippen LogP contribution in [0.15, 0.2) is 18.2 Å². The Hall–Kier alpha value is -0.910. The number of nitrogens with one attached hydrogen (secondary N) is 1. The molecule has 0 radical (unpaired) electrons. The number of hydrogen-bond acceptors (Lipinski definition) is 2. The van der Waals surface area contributed by atoms with Crippen LogP contribution in [-0.4, -0.2) is 17.5 Å². The fourth-order valence-corrected chi connectivity index (χ4v) is 2.41. The van der Waals surface area contributed by atoms with E-state index in [1.807, 2.05) is 6.26 Å². The predicted octanol–water partition coefficient (Wildman–Crippen LogP) is 4.15. The van der Waals surface area contributed by atoms with Gasteiger partial charge in [-0.3, -0.25) is 0 Å². The monoisotopic (exact) mass is 279 g/mol. The molecular formula is C12H13F4NS. The van der Waals surface area contributed by atoms with Gasteiger partial charge in [0.15, 0.2) is 0 Å². The van der Waals surface area contributed by atoms with Crippen molar-refractivity contribution in [2.75, 3.05) is 18.1 Å². The number of anilines is 1. The zero-order valence-electron chi connectivity index (χ0n) is 9.77. The average molecular weight is 279 g/mol. The van der Waals surface area contributed by atoms with Crippen molar-refractivity contribution in [3.05, 3.63) is 29.6 Å². The van der Waals surface area contributed by atoms with Crippen molar-refractivity contribution in [2.45, 2.75) is 23.8 Å². The van der Waals surface area contributed by atoms with Crippen LogP contribution in [0.25, 0.3) is 0 Å². The summed E-state index contributed by atoms with van der Waals surface area (Å²) < 4.78 is 50.7. The second-order valence-electron chi connectivity index (χ2n) is 4.43. The van der Waals surface area contributed by atoms with E-state index in [2.05, 4.69) is 5.32 Å². The van der Waals surface area contributed by atoms with Gasteiger partial charge in [-0.1, -0.05) is 0 Å². The third-order valence-electron chi connectivity index (χ3n) is 3.14.